The summed E-state index contributed by atoms with van der Waals surface area (Å²) >= 11 is 6.08. The number of para-hydroxylation sites is 1. The molecule has 1 fully saturated rings. The number of benzene rings is 2. The van der Waals surface area contributed by atoms with Gasteiger partial charge in [-0.2, -0.15) is 4.31 Å². The smallest absolute Gasteiger partial charge is 0.244 e. The number of fused-ring (bicyclic) bond motifs is 1. The third kappa shape index (κ3) is 4.19. The number of piperazine rings is 1. The first-order valence-corrected chi connectivity index (χ1v) is 11.6. The molecule has 2 aromatic carbocycles. The fraction of sp³-hybridized carbons (Fsp3) is 0.381. The van der Waals surface area contributed by atoms with Crippen LogP contribution in [0.3, 0.4) is 0 Å². The van der Waals surface area contributed by atoms with Gasteiger partial charge in [-0.1, -0.05) is 41.9 Å². The predicted molar refractivity (Wildman–Crippen MR) is 114 cm³/mol. The number of sulfonamides is 1. The van der Waals surface area contributed by atoms with Crippen molar-refractivity contribution in [3.05, 3.63) is 59.1 Å². The maximum absolute atomic E-state index is 12.8. The molecule has 0 unspecified atom stereocenters. The van der Waals surface area contributed by atoms with Gasteiger partial charge in [0.2, 0.25) is 15.9 Å². The van der Waals surface area contributed by atoms with Gasteiger partial charge in [0.25, 0.3) is 0 Å². The minimum Gasteiger partial charge on any atom is -0.312 e. The molecule has 2 heterocycles. The van der Waals surface area contributed by atoms with Crippen molar-refractivity contribution in [2.75, 3.05) is 44.2 Å². The number of amides is 1. The highest BCUT2D eigenvalue weighted by atomic mass is 35.5. The molecule has 0 radical (unpaired) electrons. The first-order chi connectivity index (χ1) is 14.0. The summed E-state index contributed by atoms with van der Waals surface area (Å²) in [5.41, 5.74) is 2.24. The summed E-state index contributed by atoms with van der Waals surface area (Å²) in [6.45, 7) is 3.38. The Bertz CT molecular complexity index is 1000. The van der Waals surface area contributed by atoms with E-state index in [0.29, 0.717) is 39.1 Å². The third-order valence-electron chi connectivity index (χ3n) is 5.62. The van der Waals surface area contributed by atoms with Crippen LogP contribution in [-0.2, 0) is 21.2 Å². The van der Waals surface area contributed by atoms with Gasteiger partial charge in [0.1, 0.15) is 4.90 Å². The van der Waals surface area contributed by atoms with Crippen LogP contribution in [-0.4, -0.2) is 62.8 Å². The summed E-state index contributed by atoms with van der Waals surface area (Å²) in [5, 5.41) is 0.242. The van der Waals surface area contributed by atoms with Crippen molar-refractivity contribution in [3.8, 4) is 0 Å². The molecule has 6 nitrogen and oxygen atoms in total. The number of hydrogen-bond donors (Lipinski definition) is 0. The second-order valence-corrected chi connectivity index (χ2v) is 9.66. The molecule has 0 N–H and O–H groups in total. The highest BCUT2D eigenvalue weighted by Gasteiger charge is 2.30. The molecular formula is C21H24ClN3O3S. The Hall–Kier alpha value is -1.93. The molecule has 0 saturated carbocycles. The van der Waals surface area contributed by atoms with E-state index in [1.807, 2.05) is 23.1 Å². The standard InChI is InChI=1S/C21H24ClN3O3S/c22-18-6-2-4-8-20(18)29(27,28)24-15-13-23(14-16-24)11-10-21(26)25-12-9-17-5-1-3-7-19(17)25/h1-8H,9-16H2. The van der Waals surface area contributed by atoms with E-state index in [0.717, 1.165) is 18.7 Å². The molecule has 2 aliphatic rings. The average molecular weight is 434 g/mol. The van der Waals surface area contributed by atoms with Crippen LogP contribution in [0, 0.1) is 0 Å². The van der Waals surface area contributed by atoms with E-state index in [9.17, 15) is 13.2 Å². The first kappa shape index (κ1) is 20.3. The van der Waals surface area contributed by atoms with Crippen LogP contribution in [0.5, 0.6) is 0 Å². The lowest BCUT2D eigenvalue weighted by Gasteiger charge is -2.34. The second kappa shape index (κ2) is 8.44. The van der Waals surface area contributed by atoms with Gasteiger partial charge in [0.05, 0.1) is 5.02 Å². The van der Waals surface area contributed by atoms with E-state index < -0.39 is 10.0 Å². The molecule has 154 valence electrons. The topological polar surface area (TPSA) is 60.9 Å². The predicted octanol–water partition coefficient (Wildman–Crippen LogP) is 2.63. The molecule has 0 bridgehead atoms. The van der Waals surface area contributed by atoms with Gasteiger partial charge in [-0.05, 0) is 30.2 Å². The first-order valence-electron chi connectivity index (χ1n) is 9.82. The molecule has 2 aliphatic heterocycles. The molecule has 4 rings (SSSR count). The van der Waals surface area contributed by atoms with E-state index >= 15 is 0 Å². The van der Waals surface area contributed by atoms with Crippen molar-refractivity contribution < 1.29 is 13.2 Å². The maximum atomic E-state index is 12.8. The lowest BCUT2D eigenvalue weighted by molar-refractivity contribution is -0.118. The number of nitrogens with zero attached hydrogens (tertiary/aromatic N) is 3. The number of carbonyl (C=O) groups is 1. The normalized spacial score (nSPS) is 18.0. The van der Waals surface area contributed by atoms with Crippen LogP contribution in [0.15, 0.2) is 53.4 Å². The molecule has 8 heteroatoms. The summed E-state index contributed by atoms with van der Waals surface area (Å²) in [6.07, 6.45) is 1.34. The fourth-order valence-electron chi connectivity index (χ4n) is 3.97. The number of anilines is 1. The number of rotatable bonds is 5. The molecule has 0 spiro atoms. The lowest BCUT2D eigenvalue weighted by atomic mass is 10.2. The molecule has 0 aromatic heterocycles. The van der Waals surface area contributed by atoms with Gasteiger partial charge in [-0.25, -0.2) is 8.42 Å². The van der Waals surface area contributed by atoms with Crippen LogP contribution in [0.4, 0.5) is 5.69 Å². The Kier molecular flexibility index (Phi) is 5.92. The van der Waals surface area contributed by atoms with E-state index in [4.69, 9.17) is 11.6 Å². The summed E-state index contributed by atoms with van der Waals surface area (Å²) in [7, 11) is -3.59. The molecule has 1 amide bonds. The molecule has 0 aliphatic carbocycles. The highest BCUT2D eigenvalue weighted by molar-refractivity contribution is 7.89. The molecule has 29 heavy (non-hydrogen) atoms. The van der Waals surface area contributed by atoms with E-state index in [2.05, 4.69) is 11.0 Å². The lowest BCUT2D eigenvalue weighted by Crippen LogP contribution is -2.49. The summed E-state index contributed by atoms with van der Waals surface area (Å²) < 4.78 is 27.1. The molecule has 0 atom stereocenters. The van der Waals surface area contributed by atoms with Crippen molar-refractivity contribution >= 4 is 33.2 Å². The second-order valence-electron chi connectivity index (χ2n) is 7.35. The van der Waals surface area contributed by atoms with Gasteiger partial charge < -0.3 is 9.80 Å². The van der Waals surface area contributed by atoms with Crippen LogP contribution in [0.25, 0.3) is 0 Å². The Morgan fingerprint density at radius 2 is 1.62 bits per heavy atom. The van der Waals surface area contributed by atoms with E-state index in [-0.39, 0.29) is 15.8 Å². The SMILES string of the molecule is O=C(CCN1CCN(S(=O)(=O)c2ccccc2Cl)CC1)N1CCc2ccccc21. The summed E-state index contributed by atoms with van der Waals surface area (Å²) in [4.78, 5) is 16.8. The van der Waals surface area contributed by atoms with Gasteiger partial charge in [0.15, 0.2) is 0 Å². The van der Waals surface area contributed by atoms with Crippen LogP contribution in [0.1, 0.15) is 12.0 Å². The number of hydrogen-bond acceptors (Lipinski definition) is 4. The minimum atomic E-state index is -3.59. The van der Waals surface area contributed by atoms with Gasteiger partial charge in [-0.3, -0.25) is 4.79 Å². The van der Waals surface area contributed by atoms with Gasteiger partial charge >= 0.3 is 0 Å². The van der Waals surface area contributed by atoms with Gasteiger partial charge in [-0.15, -0.1) is 0 Å². The number of halogens is 1. The third-order valence-corrected chi connectivity index (χ3v) is 8.01. The summed E-state index contributed by atoms with van der Waals surface area (Å²) in [6, 6.07) is 14.6. The zero-order valence-electron chi connectivity index (χ0n) is 16.1. The Morgan fingerprint density at radius 1 is 0.931 bits per heavy atom. The minimum absolute atomic E-state index is 0.126. The average Bonchev–Trinajstić information content (AvgIpc) is 3.17. The maximum Gasteiger partial charge on any atom is 0.244 e. The van der Waals surface area contributed by atoms with Gasteiger partial charge in [0, 0.05) is 51.4 Å². The highest BCUT2D eigenvalue weighted by Crippen LogP contribution is 2.28. The van der Waals surface area contributed by atoms with E-state index in [1.54, 1.807) is 18.2 Å². The zero-order valence-corrected chi connectivity index (χ0v) is 17.7. The van der Waals surface area contributed by atoms with E-state index in [1.165, 1.54) is 15.9 Å². The quantitative estimate of drug-likeness (QED) is 0.727. The van der Waals surface area contributed by atoms with Crippen LogP contribution < -0.4 is 4.90 Å². The van der Waals surface area contributed by atoms with Crippen molar-refractivity contribution in [2.45, 2.75) is 17.7 Å². The van der Waals surface area contributed by atoms with Crippen molar-refractivity contribution in [3.63, 3.8) is 0 Å². The molecular weight excluding hydrogens is 410 g/mol. The summed E-state index contributed by atoms with van der Waals surface area (Å²) in [5.74, 6) is 0.126. The van der Waals surface area contributed by atoms with Crippen molar-refractivity contribution in [2.24, 2.45) is 0 Å². The Morgan fingerprint density at radius 3 is 2.38 bits per heavy atom. The molecule has 1 saturated heterocycles. The molecule has 2 aromatic rings. The van der Waals surface area contributed by atoms with Crippen molar-refractivity contribution in [1.82, 2.24) is 9.21 Å². The fourth-order valence-corrected chi connectivity index (χ4v) is 5.89. The van der Waals surface area contributed by atoms with Crippen LogP contribution in [0.2, 0.25) is 5.02 Å². The largest absolute Gasteiger partial charge is 0.312 e. The van der Waals surface area contributed by atoms with Crippen molar-refractivity contribution in [1.29, 1.82) is 0 Å². The Balaban J connectivity index is 1.31. The monoisotopic (exact) mass is 433 g/mol. The Labute approximate surface area is 176 Å². The number of carbonyl (C=O) groups excluding carboxylic acids is 1. The van der Waals surface area contributed by atoms with Crippen LogP contribution >= 0.6 is 11.6 Å². The zero-order chi connectivity index (χ0) is 20.4.